The van der Waals surface area contributed by atoms with Gasteiger partial charge in [-0.3, -0.25) is 4.79 Å². The molecule has 0 fully saturated rings. The number of thiophene rings is 1. The molecule has 0 aliphatic heterocycles. The van der Waals surface area contributed by atoms with Crippen LogP contribution in [0.1, 0.15) is 15.5 Å². The molecule has 106 valence electrons. The minimum Gasteiger partial charge on any atom is -0.325 e. The van der Waals surface area contributed by atoms with E-state index in [4.69, 9.17) is 5.73 Å². The molecule has 1 aromatic carbocycles. The Morgan fingerprint density at radius 2 is 2.05 bits per heavy atom. The van der Waals surface area contributed by atoms with Gasteiger partial charge in [-0.1, -0.05) is 24.3 Å². The Hall–Kier alpha value is -2.02. The van der Waals surface area contributed by atoms with Crippen molar-refractivity contribution < 1.29 is 4.79 Å². The number of nitrogens with zero attached hydrogens (tertiary/aromatic N) is 1. The first-order chi connectivity index (χ1) is 10.3. The van der Waals surface area contributed by atoms with E-state index in [0.29, 0.717) is 12.2 Å². The summed E-state index contributed by atoms with van der Waals surface area (Å²) in [5, 5.41) is 7.42. The van der Waals surface area contributed by atoms with Crippen molar-refractivity contribution in [3.05, 3.63) is 57.9 Å². The van der Waals surface area contributed by atoms with Crippen LogP contribution in [0, 0.1) is 0 Å². The summed E-state index contributed by atoms with van der Waals surface area (Å²) < 4.78 is 0. The maximum absolute atomic E-state index is 12.3. The summed E-state index contributed by atoms with van der Waals surface area (Å²) >= 11 is 3.03. The second-order valence-corrected chi connectivity index (χ2v) is 6.20. The Kier molecular flexibility index (Phi) is 4.10. The average Bonchev–Trinajstić information content (AvgIpc) is 3.19. The molecule has 0 atom stereocenters. The second-order valence-electron chi connectivity index (χ2n) is 4.31. The molecule has 0 saturated carbocycles. The van der Waals surface area contributed by atoms with E-state index in [2.05, 4.69) is 10.3 Å². The number of rotatable bonds is 4. The number of nitrogens with one attached hydrogen (secondary N) is 1. The van der Waals surface area contributed by atoms with Crippen LogP contribution in [-0.4, -0.2) is 10.9 Å². The fourth-order valence-electron chi connectivity index (χ4n) is 1.93. The minimum absolute atomic E-state index is 0.213. The van der Waals surface area contributed by atoms with Gasteiger partial charge >= 0.3 is 0 Å². The van der Waals surface area contributed by atoms with Gasteiger partial charge in [0.15, 0.2) is 0 Å². The lowest BCUT2D eigenvalue weighted by Gasteiger charge is -2.08. The van der Waals surface area contributed by atoms with Crippen LogP contribution in [0.4, 0.5) is 5.69 Å². The molecule has 3 rings (SSSR count). The van der Waals surface area contributed by atoms with E-state index < -0.39 is 0 Å². The number of hydrogen-bond acceptors (Lipinski definition) is 5. The fourth-order valence-corrected chi connectivity index (χ4v) is 3.35. The quantitative estimate of drug-likeness (QED) is 0.773. The van der Waals surface area contributed by atoms with Crippen molar-refractivity contribution in [2.75, 3.05) is 5.32 Å². The summed E-state index contributed by atoms with van der Waals surface area (Å²) in [6, 6.07) is 11.8. The van der Waals surface area contributed by atoms with Crippen LogP contribution in [0.3, 0.4) is 0 Å². The standard InChI is InChI=1S/C15H13N3OS2/c16-8-14-17-12(9-21-14)15(19)18-11-5-2-1-4-10(11)13-6-3-7-20-13/h1-7,9H,8,16H2,(H,18,19). The van der Waals surface area contributed by atoms with E-state index >= 15 is 0 Å². The summed E-state index contributed by atoms with van der Waals surface area (Å²) in [5.41, 5.74) is 7.72. The van der Waals surface area contributed by atoms with Gasteiger partial charge in [0.25, 0.3) is 5.91 Å². The number of carbonyl (C=O) groups excluding carboxylic acids is 1. The van der Waals surface area contributed by atoms with Gasteiger partial charge < -0.3 is 11.1 Å². The van der Waals surface area contributed by atoms with E-state index in [1.807, 2.05) is 41.8 Å². The number of carbonyl (C=O) groups is 1. The first-order valence-corrected chi connectivity index (χ1v) is 8.12. The minimum atomic E-state index is -0.213. The number of benzene rings is 1. The van der Waals surface area contributed by atoms with Crippen molar-refractivity contribution in [3.8, 4) is 10.4 Å². The molecule has 0 unspecified atom stereocenters. The zero-order valence-electron chi connectivity index (χ0n) is 11.1. The van der Waals surface area contributed by atoms with Crippen LogP contribution in [0.2, 0.25) is 0 Å². The number of amides is 1. The molecular formula is C15H13N3OS2. The van der Waals surface area contributed by atoms with Crippen LogP contribution in [0.5, 0.6) is 0 Å². The third kappa shape index (κ3) is 3.02. The molecule has 0 bridgehead atoms. The number of aromatic nitrogens is 1. The first-order valence-electron chi connectivity index (χ1n) is 6.36. The van der Waals surface area contributed by atoms with Crippen LogP contribution in [0.15, 0.2) is 47.2 Å². The molecule has 0 spiro atoms. The van der Waals surface area contributed by atoms with Gasteiger partial charge in [-0.2, -0.15) is 0 Å². The molecule has 1 amide bonds. The van der Waals surface area contributed by atoms with Crippen LogP contribution in [0.25, 0.3) is 10.4 Å². The smallest absolute Gasteiger partial charge is 0.275 e. The van der Waals surface area contributed by atoms with Gasteiger partial charge in [-0.05, 0) is 17.5 Å². The third-order valence-corrected chi connectivity index (χ3v) is 4.70. The molecule has 21 heavy (non-hydrogen) atoms. The highest BCUT2D eigenvalue weighted by Gasteiger charge is 2.13. The van der Waals surface area contributed by atoms with Crippen LogP contribution in [-0.2, 0) is 6.54 Å². The summed E-state index contributed by atoms with van der Waals surface area (Å²) in [7, 11) is 0. The normalized spacial score (nSPS) is 10.5. The Bertz CT molecular complexity index is 750. The lowest BCUT2D eigenvalue weighted by atomic mass is 10.1. The maximum Gasteiger partial charge on any atom is 0.275 e. The van der Waals surface area contributed by atoms with Crippen molar-refractivity contribution in [2.24, 2.45) is 5.73 Å². The molecule has 0 radical (unpaired) electrons. The summed E-state index contributed by atoms with van der Waals surface area (Å²) in [4.78, 5) is 17.6. The van der Waals surface area contributed by atoms with E-state index in [9.17, 15) is 4.79 Å². The molecule has 2 heterocycles. The number of thiazole rings is 1. The summed E-state index contributed by atoms with van der Waals surface area (Å²) in [5.74, 6) is -0.213. The monoisotopic (exact) mass is 315 g/mol. The molecule has 3 aromatic rings. The Balaban J connectivity index is 1.86. The molecule has 0 aliphatic carbocycles. The van der Waals surface area contributed by atoms with Gasteiger partial charge in [-0.25, -0.2) is 4.98 Å². The van der Waals surface area contributed by atoms with E-state index in [1.54, 1.807) is 16.7 Å². The Labute approximate surface area is 130 Å². The predicted molar refractivity (Wildman–Crippen MR) is 87.7 cm³/mol. The van der Waals surface area contributed by atoms with Crippen molar-refractivity contribution in [1.29, 1.82) is 0 Å². The van der Waals surface area contributed by atoms with Crippen molar-refractivity contribution in [3.63, 3.8) is 0 Å². The summed E-state index contributed by atoms with van der Waals surface area (Å²) in [6.07, 6.45) is 0. The topological polar surface area (TPSA) is 68.0 Å². The zero-order valence-corrected chi connectivity index (χ0v) is 12.7. The fraction of sp³-hybridized carbons (Fsp3) is 0.0667. The summed E-state index contributed by atoms with van der Waals surface area (Å²) in [6.45, 7) is 0.351. The van der Waals surface area contributed by atoms with E-state index in [0.717, 1.165) is 21.1 Å². The van der Waals surface area contributed by atoms with Gasteiger partial charge in [0.2, 0.25) is 0 Å². The first kappa shape index (κ1) is 13.9. The largest absolute Gasteiger partial charge is 0.325 e. The highest BCUT2D eigenvalue weighted by Crippen LogP contribution is 2.31. The number of para-hydroxylation sites is 1. The average molecular weight is 315 g/mol. The molecule has 3 N–H and O–H groups in total. The lowest BCUT2D eigenvalue weighted by Crippen LogP contribution is -2.13. The SMILES string of the molecule is NCc1nc(C(=O)Nc2ccccc2-c2cccs2)cs1. The van der Waals surface area contributed by atoms with Crippen molar-refractivity contribution in [2.45, 2.75) is 6.54 Å². The highest BCUT2D eigenvalue weighted by molar-refractivity contribution is 7.13. The van der Waals surface area contributed by atoms with Gasteiger partial charge in [0.05, 0.1) is 0 Å². The number of anilines is 1. The second kappa shape index (κ2) is 6.17. The van der Waals surface area contributed by atoms with Gasteiger partial charge in [0.1, 0.15) is 10.7 Å². The van der Waals surface area contributed by atoms with E-state index in [-0.39, 0.29) is 5.91 Å². The molecular weight excluding hydrogens is 302 g/mol. The predicted octanol–water partition coefficient (Wildman–Crippen LogP) is 3.58. The highest BCUT2D eigenvalue weighted by atomic mass is 32.1. The van der Waals surface area contributed by atoms with E-state index in [1.165, 1.54) is 11.3 Å². The zero-order chi connectivity index (χ0) is 14.7. The third-order valence-electron chi connectivity index (χ3n) is 2.92. The molecule has 6 heteroatoms. The Morgan fingerprint density at radius 1 is 1.19 bits per heavy atom. The van der Waals surface area contributed by atoms with Crippen molar-refractivity contribution in [1.82, 2.24) is 4.98 Å². The number of nitrogens with two attached hydrogens (primary N) is 1. The Morgan fingerprint density at radius 3 is 2.76 bits per heavy atom. The van der Waals surface area contributed by atoms with Crippen LogP contribution >= 0.6 is 22.7 Å². The maximum atomic E-state index is 12.3. The van der Waals surface area contributed by atoms with Crippen molar-refractivity contribution >= 4 is 34.3 Å². The lowest BCUT2D eigenvalue weighted by molar-refractivity contribution is 0.102. The van der Waals surface area contributed by atoms with Gasteiger partial charge in [-0.15, -0.1) is 22.7 Å². The number of hydrogen-bond donors (Lipinski definition) is 2. The molecule has 0 aliphatic rings. The van der Waals surface area contributed by atoms with Gasteiger partial charge in [0, 0.05) is 28.1 Å². The molecule has 4 nitrogen and oxygen atoms in total. The van der Waals surface area contributed by atoms with Crippen LogP contribution < -0.4 is 11.1 Å². The molecule has 2 aromatic heterocycles. The molecule has 0 saturated heterocycles.